The Morgan fingerprint density at radius 1 is 1.32 bits per heavy atom. The Balaban J connectivity index is 1.63. The van der Waals surface area contributed by atoms with Crippen LogP contribution in [0.1, 0.15) is 10.4 Å². The first kappa shape index (κ1) is 15.6. The normalized spacial score (nSPS) is 11.4. The van der Waals surface area contributed by atoms with Gasteiger partial charge >= 0.3 is 0 Å². The lowest BCUT2D eigenvalue weighted by molar-refractivity contribution is 0.0946. The Bertz CT molecular complexity index is 1090. The lowest BCUT2D eigenvalue weighted by atomic mass is 10.2. The number of imidazole rings is 1. The smallest absolute Gasteiger partial charge is 0.241 e. The van der Waals surface area contributed by atoms with Gasteiger partial charge in [0, 0.05) is 17.1 Å². The quantitative estimate of drug-likeness (QED) is 0.377. The van der Waals surface area contributed by atoms with Crippen LogP contribution in [0.4, 0.5) is 5.95 Å². The summed E-state index contributed by atoms with van der Waals surface area (Å²) >= 11 is 1.26. The average molecular weight is 354 g/mol. The van der Waals surface area contributed by atoms with Crippen molar-refractivity contribution < 1.29 is 9.90 Å². The van der Waals surface area contributed by atoms with Crippen molar-refractivity contribution >= 4 is 45.7 Å². The van der Waals surface area contributed by atoms with Gasteiger partial charge in [0.25, 0.3) is 0 Å². The second kappa shape index (κ2) is 6.19. The average Bonchev–Trinajstić information content (AvgIpc) is 3.23. The Morgan fingerprint density at radius 2 is 2.16 bits per heavy atom. The first-order chi connectivity index (χ1) is 12.2. The molecule has 9 heteroatoms. The number of aromatic amines is 1. The molecule has 0 unspecified atom stereocenters. The van der Waals surface area contributed by atoms with Gasteiger partial charge in [0.2, 0.25) is 11.9 Å². The second-order valence-electron chi connectivity index (χ2n) is 5.37. The van der Waals surface area contributed by atoms with E-state index in [1.165, 1.54) is 18.1 Å². The fourth-order valence-electron chi connectivity index (χ4n) is 2.71. The van der Waals surface area contributed by atoms with Crippen LogP contribution in [-0.2, 0) is 6.61 Å². The number of hydrogen-bond donors (Lipinski definition) is 3. The van der Waals surface area contributed by atoms with Crippen LogP contribution in [-0.4, -0.2) is 41.3 Å². The van der Waals surface area contributed by atoms with E-state index in [-0.39, 0.29) is 24.2 Å². The molecule has 0 radical (unpaired) electrons. The molecule has 0 atom stereocenters. The number of carbonyl (C=O) groups excluding carboxylic acids is 1. The zero-order chi connectivity index (χ0) is 17.4. The molecule has 8 nitrogen and oxygen atoms in total. The molecule has 0 amide bonds. The first-order valence-electron chi connectivity index (χ1n) is 7.50. The van der Waals surface area contributed by atoms with Crippen molar-refractivity contribution in [3.63, 3.8) is 0 Å². The van der Waals surface area contributed by atoms with Crippen molar-refractivity contribution in [2.45, 2.75) is 11.6 Å². The minimum Gasteiger partial charge on any atom is -0.392 e. The molecule has 3 aromatic heterocycles. The summed E-state index contributed by atoms with van der Waals surface area (Å²) in [7, 11) is 0. The van der Waals surface area contributed by atoms with E-state index in [1.807, 2.05) is 24.3 Å². The minimum atomic E-state index is -0.120. The number of nitrogen functional groups attached to an aromatic ring is 1. The van der Waals surface area contributed by atoms with Crippen molar-refractivity contribution in [3.8, 4) is 0 Å². The number of nitrogens with one attached hydrogen (secondary N) is 1. The van der Waals surface area contributed by atoms with Gasteiger partial charge < -0.3 is 15.8 Å². The summed E-state index contributed by atoms with van der Waals surface area (Å²) in [5.74, 6) is 0.156. The molecule has 0 aliphatic carbocycles. The number of nitrogens with two attached hydrogens (primary N) is 1. The number of H-pyrrole nitrogens is 1. The summed E-state index contributed by atoms with van der Waals surface area (Å²) in [5.41, 5.74) is 8.30. The number of carbonyl (C=O) groups is 1. The predicted octanol–water partition coefficient (Wildman–Crippen LogP) is 1.81. The zero-order valence-electron chi connectivity index (χ0n) is 13.0. The van der Waals surface area contributed by atoms with E-state index in [2.05, 4.69) is 19.9 Å². The van der Waals surface area contributed by atoms with Gasteiger partial charge in [-0.3, -0.25) is 9.36 Å². The number of anilines is 1. The third-order valence-electron chi connectivity index (χ3n) is 3.84. The molecule has 126 valence electrons. The summed E-state index contributed by atoms with van der Waals surface area (Å²) in [6.07, 6.45) is 3.19. The van der Waals surface area contributed by atoms with Crippen LogP contribution in [0.25, 0.3) is 22.1 Å². The molecule has 25 heavy (non-hydrogen) atoms. The Morgan fingerprint density at radius 3 is 3.00 bits per heavy atom. The number of nitrogens with zero attached hydrogens (tertiary/aromatic N) is 4. The van der Waals surface area contributed by atoms with E-state index in [0.29, 0.717) is 16.2 Å². The number of thioether (sulfide) groups is 1. The summed E-state index contributed by atoms with van der Waals surface area (Å²) < 4.78 is 1.56. The molecular weight excluding hydrogens is 340 g/mol. The van der Waals surface area contributed by atoms with E-state index in [1.54, 1.807) is 10.8 Å². The van der Waals surface area contributed by atoms with Gasteiger partial charge in [-0.2, -0.15) is 4.98 Å². The van der Waals surface area contributed by atoms with Crippen molar-refractivity contribution in [1.29, 1.82) is 0 Å². The van der Waals surface area contributed by atoms with Crippen molar-refractivity contribution in [2.24, 2.45) is 0 Å². The molecule has 4 aromatic rings. The highest BCUT2D eigenvalue weighted by Crippen LogP contribution is 2.26. The Kier molecular flexibility index (Phi) is 3.86. The van der Waals surface area contributed by atoms with Crippen LogP contribution < -0.4 is 5.73 Å². The number of rotatable bonds is 4. The first-order valence-corrected chi connectivity index (χ1v) is 8.48. The number of aliphatic hydroxyl groups is 1. The fourth-order valence-corrected chi connectivity index (χ4v) is 3.56. The molecule has 0 saturated heterocycles. The standard InChI is InChI=1S/C16H14N6O2S/c17-16-20-14-13(18-8-19-14)15(21-16)25-7-12(24)22-5-9(6-23)10-3-1-2-4-11(10)22/h1-5,8,23H,6-7H2,(H3,17,18,19,20,21). The molecular formula is C16H14N6O2S. The largest absolute Gasteiger partial charge is 0.392 e. The van der Waals surface area contributed by atoms with Crippen molar-refractivity contribution in [2.75, 3.05) is 11.5 Å². The summed E-state index contributed by atoms with van der Waals surface area (Å²) in [4.78, 5) is 27.9. The second-order valence-corrected chi connectivity index (χ2v) is 6.33. The number of aliphatic hydroxyl groups excluding tert-OH is 1. The molecule has 0 saturated carbocycles. The monoisotopic (exact) mass is 354 g/mol. The van der Waals surface area contributed by atoms with E-state index < -0.39 is 0 Å². The van der Waals surface area contributed by atoms with E-state index in [0.717, 1.165) is 16.5 Å². The van der Waals surface area contributed by atoms with Crippen LogP contribution >= 0.6 is 11.8 Å². The molecule has 0 spiro atoms. The molecule has 0 aliphatic heterocycles. The van der Waals surface area contributed by atoms with Crippen LogP contribution in [0.3, 0.4) is 0 Å². The third-order valence-corrected chi connectivity index (χ3v) is 4.80. The van der Waals surface area contributed by atoms with Gasteiger partial charge in [-0.15, -0.1) is 0 Å². The number of hydrogen-bond acceptors (Lipinski definition) is 7. The van der Waals surface area contributed by atoms with Crippen LogP contribution in [0.5, 0.6) is 0 Å². The van der Waals surface area contributed by atoms with E-state index in [9.17, 15) is 9.90 Å². The maximum absolute atomic E-state index is 12.7. The maximum Gasteiger partial charge on any atom is 0.241 e. The maximum atomic E-state index is 12.7. The molecule has 0 fully saturated rings. The zero-order valence-corrected chi connectivity index (χ0v) is 13.8. The van der Waals surface area contributed by atoms with Gasteiger partial charge in [0.1, 0.15) is 10.5 Å². The number of fused-ring (bicyclic) bond motifs is 2. The van der Waals surface area contributed by atoms with E-state index in [4.69, 9.17) is 5.73 Å². The summed E-state index contributed by atoms with van der Waals surface area (Å²) in [6.45, 7) is -0.120. The SMILES string of the molecule is Nc1nc(SCC(=O)n2cc(CO)c3ccccc32)c2[nH]cnc2n1. The van der Waals surface area contributed by atoms with Gasteiger partial charge in [0.05, 0.1) is 24.2 Å². The lowest BCUT2D eigenvalue weighted by Crippen LogP contribution is -2.12. The molecule has 4 N–H and O–H groups in total. The highest BCUT2D eigenvalue weighted by molar-refractivity contribution is 8.00. The summed E-state index contributed by atoms with van der Waals surface area (Å²) in [5, 5.41) is 10.9. The highest BCUT2D eigenvalue weighted by atomic mass is 32.2. The van der Waals surface area contributed by atoms with Gasteiger partial charge in [-0.25, -0.2) is 9.97 Å². The van der Waals surface area contributed by atoms with E-state index >= 15 is 0 Å². The van der Waals surface area contributed by atoms with Crippen molar-refractivity contribution in [1.82, 2.24) is 24.5 Å². The molecule has 0 bridgehead atoms. The van der Waals surface area contributed by atoms with Crippen LogP contribution in [0.15, 0.2) is 41.8 Å². The topological polar surface area (TPSA) is 123 Å². The highest BCUT2D eigenvalue weighted by Gasteiger charge is 2.15. The molecule has 0 aliphatic rings. The van der Waals surface area contributed by atoms with Gasteiger partial charge in [0.15, 0.2) is 5.65 Å². The number of para-hydroxylation sites is 1. The minimum absolute atomic E-state index is 0.114. The lowest BCUT2D eigenvalue weighted by Gasteiger charge is -2.05. The van der Waals surface area contributed by atoms with Crippen LogP contribution in [0.2, 0.25) is 0 Å². The Labute approximate surface area is 146 Å². The van der Waals surface area contributed by atoms with Crippen molar-refractivity contribution in [3.05, 3.63) is 42.4 Å². The fraction of sp³-hybridized carbons (Fsp3) is 0.125. The predicted molar refractivity (Wildman–Crippen MR) is 95.3 cm³/mol. The number of benzene rings is 1. The molecule has 1 aromatic carbocycles. The Hall–Kier alpha value is -2.91. The van der Waals surface area contributed by atoms with Gasteiger partial charge in [-0.05, 0) is 6.07 Å². The number of aromatic nitrogens is 5. The summed E-state index contributed by atoms with van der Waals surface area (Å²) in [6, 6.07) is 7.48. The molecule has 4 rings (SSSR count). The van der Waals surface area contributed by atoms with Crippen LogP contribution in [0, 0.1) is 0 Å². The third kappa shape index (κ3) is 2.73. The molecule has 3 heterocycles. The van der Waals surface area contributed by atoms with Gasteiger partial charge in [-0.1, -0.05) is 30.0 Å².